The van der Waals surface area contributed by atoms with Gasteiger partial charge in [0.1, 0.15) is 6.10 Å². The van der Waals surface area contributed by atoms with Crippen molar-refractivity contribution in [3.8, 4) is 0 Å². The highest BCUT2D eigenvalue weighted by atomic mass is 16.6. The van der Waals surface area contributed by atoms with Crippen LogP contribution in [0.25, 0.3) is 0 Å². The summed E-state index contributed by atoms with van der Waals surface area (Å²) in [5.74, 6) is 0. The summed E-state index contributed by atoms with van der Waals surface area (Å²) in [5, 5.41) is 0. The quantitative estimate of drug-likeness (QED) is 0.665. The van der Waals surface area contributed by atoms with E-state index in [4.69, 9.17) is 16.2 Å². The standard InChI is InChI=1S/C8H16N2O4/c1-2-3-6(14-8(10)12)4-5-13-7(9)11/h6H,2-5H2,1H3,(H2,9,11)(H2,10,12). The van der Waals surface area contributed by atoms with Crippen molar-refractivity contribution in [3.63, 3.8) is 0 Å². The maximum absolute atomic E-state index is 10.4. The van der Waals surface area contributed by atoms with Crippen LogP contribution in [-0.2, 0) is 9.47 Å². The molecule has 82 valence electrons. The van der Waals surface area contributed by atoms with Crippen LogP contribution in [0.3, 0.4) is 0 Å². The summed E-state index contributed by atoms with van der Waals surface area (Å²) >= 11 is 0. The van der Waals surface area contributed by atoms with Crippen molar-refractivity contribution >= 4 is 12.2 Å². The number of amides is 2. The molecule has 6 nitrogen and oxygen atoms in total. The summed E-state index contributed by atoms with van der Waals surface area (Å²) in [4.78, 5) is 20.7. The second kappa shape index (κ2) is 6.99. The van der Waals surface area contributed by atoms with Gasteiger partial charge in [-0.05, 0) is 6.42 Å². The van der Waals surface area contributed by atoms with Gasteiger partial charge < -0.3 is 20.9 Å². The Hall–Kier alpha value is -1.46. The average molecular weight is 204 g/mol. The van der Waals surface area contributed by atoms with Gasteiger partial charge in [-0.25, -0.2) is 9.59 Å². The lowest BCUT2D eigenvalue weighted by molar-refractivity contribution is 0.0762. The molecule has 0 saturated carbocycles. The molecule has 0 saturated heterocycles. The van der Waals surface area contributed by atoms with Crippen LogP contribution in [0.5, 0.6) is 0 Å². The molecule has 0 aromatic heterocycles. The van der Waals surface area contributed by atoms with Crippen LogP contribution in [-0.4, -0.2) is 24.9 Å². The first-order valence-electron chi connectivity index (χ1n) is 4.44. The van der Waals surface area contributed by atoms with Crippen molar-refractivity contribution in [3.05, 3.63) is 0 Å². The maximum Gasteiger partial charge on any atom is 0.404 e. The van der Waals surface area contributed by atoms with Crippen molar-refractivity contribution in [1.82, 2.24) is 0 Å². The van der Waals surface area contributed by atoms with E-state index in [1.54, 1.807) is 0 Å². The number of primary amides is 2. The summed E-state index contributed by atoms with van der Waals surface area (Å²) < 4.78 is 9.29. The first-order chi connectivity index (χ1) is 6.56. The lowest BCUT2D eigenvalue weighted by Gasteiger charge is -2.14. The lowest BCUT2D eigenvalue weighted by atomic mass is 10.1. The van der Waals surface area contributed by atoms with Gasteiger partial charge >= 0.3 is 12.2 Å². The third-order valence-corrected chi connectivity index (χ3v) is 1.58. The van der Waals surface area contributed by atoms with Crippen molar-refractivity contribution < 1.29 is 19.1 Å². The highest BCUT2D eigenvalue weighted by Crippen LogP contribution is 2.06. The fourth-order valence-corrected chi connectivity index (χ4v) is 1.04. The molecule has 0 heterocycles. The van der Waals surface area contributed by atoms with Crippen LogP contribution in [0, 0.1) is 0 Å². The lowest BCUT2D eigenvalue weighted by Crippen LogP contribution is -2.25. The van der Waals surface area contributed by atoms with Crippen LogP contribution < -0.4 is 11.5 Å². The van der Waals surface area contributed by atoms with Gasteiger partial charge in [0, 0.05) is 6.42 Å². The Balaban J connectivity index is 3.72. The molecule has 6 heteroatoms. The molecule has 0 aliphatic heterocycles. The molecule has 0 fully saturated rings. The number of hydrogen-bond donors (Lipinski definition) is 2. The van der Waals surface area contributed by atoms with Crippen molar-refractivity contribution in [1.29, 1.82) is 0 Å². The van der Waals surface area contributed by atoms with Gasteiger partial charge in [0.25, 0.3) is 0 Å². The van der Waals surface area contributed by atoms with Crippen molar-refractivity contribution in [2.75, 3.05) is 6.61 Å². The molecule has 14 heavy (non-hydrogen) atoms. The zero-order valence-electron chi connectivity index (χ0n) is 8.19. The van der Waals surface area contributed by atoms with E-state index in [1.165, 1.54) is 0 Å². The molecule has 1 unspecified atom stereocenters. The fraction of sp³-hybridized carbons (Fsp3) is 0.750. The molecule has 0 aliphatic rings. The number of ether oxygens (including phenoxy) is 2. The van der Waals surface area contributed by atoms with E-state index in [0.717, 1.165) is 6.42 Å². The zero-order valence-corrected chi connectivity index (χ0v) is 8.19. The summed E-state index contributed by atoms with van der Waals surface area (Å²) in [6.07, 6.45) is -0.00190. The Morgan fingerprint density at radius 2 is 1.86 bits per heavy atom. The minimum Gasteiger partial charge on any atom is -0.450 e. The third kappa shape index (κ3) is 7.20. The van der Waals surface area contributed by atoms with Crippen LogP contribution in [0.4, 0.5) is 9.59 Å². The van der Waals surface area contributed by atoms with Gasteiger partial charge in [0.2, 0.25) is 0 Å². The first-order valence-corrected chi connectivity index (χ1v) is 4.44. The van der Waals surface area contributed by atoms with E-state index in [9.17, 15) is 9.59 Å². The van der Waals surface area contributed by atoms with Gasteiger partial charge in [0.15, 0.2) is 0 Å². The molecule has 0 radical (unpaired) electrons. The van der Waals surface area contributed by atoms with Gasteiger partial charge in [-0.15, -0.1) is 0 Å². The summed E-state index contributed by atoms with van der Waals surface area (Å²) in [6, 6.07) is 0. The van der Waals surface area contributed by atoms with Gasteiger partial charge in [-0.3, -0.25) is 0 Å². The third-order valence-electron chi connectivity index (χ3n) is 1.58. The van der Waals surface area contributed by atoms with E-state index >= 15 is 0 Å². The fourth-order valence-electron chi connectivity index (χ4n) is 1.04. The minimum atomic E-state index is -0.834. The van der Waals surface area contributed by atoms with Crippen LogP contribution in [0.15, 0.2) is 0 Å². The molecule has 0 bridgehead atoms. The van der Waals surface area contributed by atoms with Gasteiger partial charge in [0.05, 0.1) is 6.61 Å². The second-order valence-electron chi connectivity index (χ2n) is 2.80. The molecular formula is C8H16N2O4. The smallest absolute Gasteiger partial charge is 0.404 e. The van der Waals surface area contributed by atoms with E-state index in [1.807, 2.05) is 6.92 Å². The van der Waals surface area contributed by atoms with Gasteiger partial charge in [-0.2, -0.15) is 0 Å². The number of carbonyl (C=O) groups excluding carboxylic acids is 2. The summed E-state index contributed by atoms with van der Waals surface area (Å²) in [5.41, 5.74) is 9.62. The topological polar surface area (TPSA) is 105 Å². The largest absolute Gasteiger partial charge is 0.450 e. The SMILES string of the molecule is CCCC(CCOC(N)=O)OC(N)=O. The van der Waals surface area contributed by atoms with Crippen LogP contribution >= 0.6 is 0 Å². The van der Waals surface area contributed by atoms with E-state index in [-0.39, 0.29) is 12.7 Å². The second-order valence-corrected chi connectivity index (χ2v) is 2.80. The molecular weight excluding hydrogens is 188 g/mol. The molecule has 4 N–H and O–H groups in total. The normalized spacial score (nSPS) is 11.8. The van der Waals surface area contributed by atoms with Crippen molar-refractivity contribution in [2.24, 2.45) is 11.5 Å². The molecule has 0 rings (SSSR count). The average Bonchev–Trinajstić information content (AvgIpc) is 2.02. The minimum absolute atomic E-state index is 0.132. The predicted octanol–water partition coefficient (Wildman–Crippen LogP) is 0.736. The Morgan fingerprint density at radius 1 is 1.21 bits per heavy atom. The number of rotatable bonds is 6. The molecule has 0 spiro atoms. The van der Waals surface area contributed by atoms with Gasteiger partial charge in [-0.1, -0.05) is 13.3 Å². The molecule has 0 aromatic carbocycles. The first kappa shape index (κ1) is 12.5. The monoisotopic (exact) mass is 204 g/mol. The zero-order chi connectivity index (χ0) is 11.0. The maximum atomic E-state index is 10.4. The molecule has 0 aromatic rings. The van der Waals surface area contributed by atoms with E-state index < -0.39 is 12.2 Å². The molecule has 0 aliphatic carbocycles. The Morgan fingerprint density at radius 3 is 2.29 bits per heavy atom. The Kier molecular flexibility index (Phi) is 6.26. The number of carbonyl (C=O) groups is 2. The summed E-state index contributed by atoms with van der Waals surface area (Å²) in [6.45, 7) is 2.08. The number of hydrogen-bond acceptors (Lipinski definition) is 4. The van der Waals surface area contributed by atoms with Crippen LogP contribution in [0.1, 0.15) is 26.2 Å². The molecule has 1 atom stereocenters. The van der Waals surface area contributed by atoms with Crippen LogP contribution in [0.2, 0.25) is 0 Å². The Bertz CT molecular complexity index is 196. The number of nitrogens with two attached hydrogens (primary N) is 2. The highest BCUT2D eigenvalue weighted by Gasteiger charge is 2.11. The van der Waals surface area contributed by atoms with E-state index in [0.29, 0.717) is 12.8 Å². The predicted molar refractivity (Wildman–Crippen MR) is 49.5 cm³/mol. The Labute approximate surface area is 82.5 Å². The van der Waals surface area contributed by atoms with Crippen molar-refractivity contribution in [2.45, 2.75) is 32.3 Å². The highest BCUT2D eigenvalue weighted by molar-refractivity contribution is 5.65. The van der Waals surface area contributed by atoms with E-state index in [2.05, 4.69) is 4.74 Å². The molecule has 2 amide bonds. The summed E-state index contributed by atoms with van der Waals surface area (Å²) in [7, 11) is 0.